The largest absolute Gasteiger partial charge is 0.507 e. The zero-order chi connectivity index (χ0) is 13.7. The van der Waals surface area contributed by atoms with Crippen molar-refractivity contribution in [2.45, 2.75) is 0 Å². The molecule has 0 saturated carbocycles. The Kier molecular flexibility index (Phi) is 3.64. The third-order valence-corrected chi connectivity index (χ3v) is 2.42. The topological polar surface area (TPSA) is 85.8 Å². The van der Waals surface area contributed by atoms with Gasteiger partial charge in [0.2, 0.25) is 0 Å². The lowest BCUT2D eigenvalue weighted by atomic mass is 10.2. The fraction of sp³-hybridized carbons (Fsp3) is 0. The second-order valence-corrected chi connectivity index (χ2v) is 3.72. The number of aromatic hydroxyl groups is 1. The SMILES string of the molecule is N#Cc1ccc(N=Nc2ccc(C=O)c(O)c2)cc1. The Hall–Kier alpha value is -3.00. The molecule has 2 aromatic rings. The molecular weight excluding hydrogens is 242 g/mol. The van der Waals surface area contributed by atoms with Crippen molar-refractivity contribution in [2.24, 2.45) is 10.2 Å². The van der Waals surface area contributed by atoms with Gasteiger partial charge in [-0.25, -0.2) is 0 Å². The number of nitriles is 1. The van der Waals surface area contributed by atoms with E-state index in [4.69, 9.17) is 5.26 Å². The Morgan fingerprint density at radius 3 is 2.26 bits per heavy atom. The average Bonchev–Trinajstić information content (AvgIpc) is 2.46. The Balaban J connectivity index is 2.20. The van der Waals surface area contributed by atoms with E-state index in [1.165, 1.54) is 12.1 Å². The number of phenols is 1. The Labute approximate surface area is 109 Å². The van der Waals surface area contributed by atoms with E-state index in [2.05, 4.69) is 10.2 Å². The van der Waals surface area contributed by atoms with Crippen LogP contribution in [0, 0.1) is 11.3 Å². The van der Waals surface area contributed by atoms with Crippen LogP contribution in [0.2, 0.25) is 0 Å². The van der Waals surface area contributed by atoms with Gasteiger partial charge in [0.05, 0.1) is 28.6 Å². The molecule has 2 aromatic carbocycles. The first kappa shape index (κ1) is 12.5. The molecule has 0 amide bonds. The van der Waals surface area contributed by atoms with Crippen molar-refractivity contribution in [1.29, 1.82) is 5.26 Å². The first-order chi connectivity index (χ1) is 9.22. The number of nitrogens with zero attached hydrogens (tertiary/aromatic N) is 3. The van der Waals surface area contributed by atoms with E-state index < -0.39 is 0 Å². The highest BCUT2D eigenvalue weighted by molar-refractivity contribution is 5.80. The minimum absolute atomic E-state index is 0.133. The maximum absolute atomic E-state index is 10.5. The fourth-order valence-electron chi connectivity index (χ4n) is 1.41. The van der Waals surface area contributed by atoms with E-state index in [-0.39, 0.29) is 11.3 Å². The number of aldehydes is 1. The first-order valence-electron chi connectivity index (χ1n) is 5.43. The molecule has 0 radical (unpaired) electrons. The lowest BCUT2D eigenvalue weighted by Crippen LogP contribution is -1.79. The standard InChI is InChI=1S/C14H9N3O2/c15-8-10-1-4-12(5-2-10)16-17-13-6-3-11(9-18)14(19)7-13/h1-7,9,19H. The summed E-state index contributed by atoms with van der Waals surface area (Å²) in [6.07, 6.45) is 0.566. The zero-order valence-corrected chi connectivity index (χ0v) is 9.82. The molecule has 92 valence electrons. The lowest BCUT2D eigenvalue weighted by molar-refractivity contribution is 0.112. The van der Waals surface area contributed by atoms with Crippen LogP contribution in [-0.4, -0.2) is 11.4 Å². The van der Waals surface area contributed by atoms with E-state index in [1.807, 2.05) is 6.07 Å². The summed E-state index contributed by atoms with van der Waals surface area (Å²) in [6.45, 7) is 0. The number of hydrogen-bond acceptors (Lipinski definition) is 5. The minimum atomic E-state index is -0.133. The van der Waals surface area contributed by atoms with Gasteiger partial charge in [0.15, 0.2) is 6.29 Å². The number of carbonyl (C=O) groups is 1. The molecular formula is C14H9N3O2. The summed E-state index contributed by atoms with van der Waals surface area (Å²) in [5.41, 5.74) is 1.79. The van der Waals surface area contributed by atoms with Crippen molar-refractivity contribution in [3.63, 3.8) is 0 Å². The molecule has 1 N–H and O–H groups in total. The summed E-state index contributed by atoms with van der Waals surface area (Å²) in [5.74, 6) is -0.133. The van der Waals surface area contributed by atoms with Crippen LogP contribution in [0.3, 0.4) is 0 Å². The second kappa shape index (κ2) is 5.56. The van der Waals surface area contributed by atoms with E-state index in [0.717, 1.165) is 0 Å². The molecule has 0 bridgehead atoms. The van der Waals surface area contributed by atoms with Crippen LogP contribution < -0.4 is 0 Å². The average molecular weight is 251 g/mol. The molecule has 0 atom stereocenters. The summed E-state index contributed by atoms with van der Waals surface area (Å²) in [7, 11) is 0. The molecule has 19 heavy (non-hydrogen) atoms. The van der Waals surface area contributed by atoms with Crippen molar-refractivity contribution in [3.8, 4) is 11.8 Å². The molecule has 0 heterocycles. The molecule has 2 rings (SSSR count). The summed E-state index contributed by atoms with van der Waals surface area (Å²) in [6, 6.07) is 13.0. The van der Waals surface area contributed by atoms with E-state index in [1.54, 1.807) is 30.3 Å². The number of azo groups is 1. The first-order valence-corrected chi connectivity index (χ1v) is 5.43. The molecule has 0 saturated heterocycles. The highest BCUT2D eigenvalue weighted by Gasteiger charge is 2.00. The van der Waals surface area contributed by atoms with Gasteiger partial charge in [-0.1, -0.05) is 0 Å². The number of rotatable bonds is 3. The predicted molar refractivity (Wildman–Crippen MR) is 68.8 cm³/mol. The van der Waals surface area contributed by atoms with Gasteiger partial charge in [-0.3, -0.25) is 4.79 Å². The Bertz CT molecular complexity index is 670. The minimum Gasteiger partial charge on any atom is -0.507 e. The summed E-state index contributed by atoms with van der Waals surface area (Å²) >= 11 is 0. The van der Waals surface area contributed by atoms with Crippen LogP contribution in [0.4, 0.5) is 11.4 Å². The van der Waals surface area contributed by atoms with Crippen molar-refractivity contribution >= 4 is 17.7 Å². The predicted octanol–water partition coefficient (Wildman–Crippen LogP) is 3.49. The van der Waals surface area contributed by atoms with Gasteiger partial charge in [-0.2, -0.15) is 15.5 Å². The smallest absolute Gasteiger partial charge is 0.153 e. The maximum Gasteiger partial charge on any atom is 0.153 e. The van der Waals surface area contributed by atoms with Crippen LogP contribution in [0.1, 0.15) is 15.9 Å². The molecule has 0 spiro atoms. The van der Waals surface area contributed by atoms with Crippen LogP contribution >= 0.6 is 0 Å². The highest BCUT2D eigenvalue weighted by Crippen LogP contribution is 2.24. The van der Waals surface area contributed by atoms with Crippen LogP contribution in [0.15, 0.2) is 52.7 Å². The highest BCUT2D eigenvalue weighted by atomic mass is 16.3. The quantitative estimate of drug-likeness (QED) is 0.669. The van der Waals surface area contributed by atoms with Crippen LogP contribution in [0.5, 0.6) is 5.75 Å². The van der Waals surface area contributed by atoms with E-state index in [0.29, 0.717) is 23.2 Å². The van der Waals surface area contributed by atoms with Gasteiger partial charge in [0, 0.05) is 6.07 Å². The summed E-state index contributed by atoms with van der Waals surface area (Å²) < 4.78 is 0. The molecule has 0 aromatic heterocycles. The molecule has 0 fully saturated rings. The van der Waals surface area contributed by atoms with Crippen LogP contribution in [0.25, 0.3) is 0 Å². The molecule has 0 aliphatic rings. The zero-order valence-electron chi connectivity index (χ0n) is 9.82. The van der Waals surface area contributed by atoms with Gasteiger partial charge >= 0.3 is 0 Å². The lowest BCUT2D eigenvalue weighted by Gasteiger charge is -1.97. The fourth-order valence-corrected chi connectivity index (χ4v) is 1.41. The van der Waals surface area contributed by atoms with Crippen LogP contribution in [-0.2, 0) is 0 Å². The number of hydrogen-bond donors (Lipinski definition) is 1. The maximum atomic E-state index is 10.5. The molecule has 5 nitrogen and oxygen atoms in total. The van der Waals surface area contributed by atoms with Gasteiger partial charge in [-0.15, -0.1) is 0 Å². The number of carbonyl (C=O) groups excluding carboxylic acids is 1. The summed E-state index contributed by atoms with van der Waals surface area (Å²) in [4.78, 5) is 10.5. The third-order valence-electron chi connectivity index (χ3n) is 2.42. The van der Waals surface area contributed by atoms with Crippen molar-refractivity contribution in [3.05, 3.63) is 53.6 Å². The molecule has 0 aliphatic heterocycles. The molecule has 0 aliphatic carbocycles. The van der Waals surface area contributed by atoms with Crippen molar-refractivity contribution in [1.82, 2.24) is 0 Å². The molecule has 5 heteroatoms. The Morgan fingerprint density at radius 2 is 1.68 bits per heavy atom. The number of phenolic OH excluding ortho intramolecular Hbond substituents is 1. The third kappa shape index (κ3) is 3.01. The monoisotopic (exact) mass is 251 g/mol. The van der Waals surface area contributed by atoms with Gasteiger partial charge < -0.3 is 5.11 Å². The summed E-state index contributed by atoms with van der Waals surface area (Å²) in [5, 5.41) is 26.0. The Morgan fingerprint density at radius 1 is 1.05 bits per heavy atom. The van der Waals surface area contributed by atoms with Crippen molar-refractivity contribution < 1.29 is 9.90 Å². The van der Waals surface area contributed by atoms with Crippen molar-refractivity contribution in [2.75, 3.05) is 0 Å². The van der Waals surface area contributed by atoms with Gasteiger partial charge in [0.25, 0.3) is 0 Å². The number of benzene rings is 2. The normalized spacial score (nSPS) is 10.3. The van der Waals surface area contributed by atoms with E-state index >= 15 is 0 Å². The second-order valence-electron chi connectivity index (χ2n) is 3.72. The van der Waals surface area contributed by atoms with Gasteiger partial charge in [0.1, 0.15) is 5.75 Å². The van der Waals surface area contributed by atoms with Gasteiger partial charge in [-0.05, 0) is 36.4 Å². The van der Waals surface area contributed by atoms with E-state index in [9.17, 15) is 9.90 Å². The molecule has 0 unspecified atom stereocenters.